The smallest absolute Gasteiger partial charge is 0.314 e. The van der Waals surface area contributed by atoms with Gasteiger partial charge < -0.3 is 9.30 Å². The summed E-state index contributed by atoms with van der Waals surface area (Å²) >= 11 is 0. The van der Waals surface area contributed by atoms with Gasteiger partial charge >= 0.3 is 5.97 Å². The van der Waals surface area contributed by atoms with Gasteiger partial charge in [-0.25, -0.2) is 8.78 Å². The van der Waals surface area contributed by atoms with Gasteiger partial charge in [-0.05, 0) is 30.9 Å². The summed E-state index contributed by atoms with van der Waals surface area (Å²) in [5.74, 6) is -3.48. The molecule has 1 aromatic rings. The van der Waals surface area contributed by atoms with Gasteiger partial charge in [-0.15, -0.1) is 0 Å². The van der Waals surface area contributed by atoms with E-state index in [1.807, 2.05) is 0 Å². The van der Waals surface area contributed by atoms with E-state index in [4.69, 9.17) is 5.26 Å². The summed E-state index contributed by atoms with van der Waals surface area (Å²) < 4.78 is 32.8. The standard InChI is InChI=1S/C16H16F2N2O3/c1-23-14(22)15(7-16(17,18)8-15)9-20-12(10-2-3-10)5-4-11(6-19)13(20)21/h4-5,10H,2-3,7-9H2,1H3. The highest BCUT2D eigenvalue weighted by Crippen LogP contribution is 2.54. The lowest BCUT2D eigenvalue weighted by Crippen LogP contribution is -2.55. The Morgan fingerprint density at radius 3 is 2.57 bits per heavy atom. The first-order chi connectivity index (χ1) is 10.8. The second-order valence-electron chi connectivity index (χ2n) is 6.43. The third kappa shape index (κ3) is 2.62. The van der Waals surface area contributed by atoms with Gasteiger partial charge in [-0.3, -0.25) is 9.59 Å². The fourth-order valence-corrected chi connectivity index (χ4v) is 3.35. The van der Waals surface area contributed by atoms with Crippen LogP contribution in [0.5, 0.6) is 0 Å². The van der Waals surface area contributed by atoms with Gasteiger partial charge in [0.1, 0.15) is 11.6 Å². The molecule has 2 aliphatic carbocycles. The average molecular weight is 322 g/mol. The van der Waals surface area contributed by atoms with E-state index < -0.39 is 35.7 Å². The first kappa shape index (κ1) is 15.7. The molecule has 2 aliphatic rings. The SMILES string of the molecule is COC(=O)C1(Cn2c(C3CC3)ccc(C#N)c2=O)CC(F)(F)C1. The molecule has 122 valence electrons. The number of hydrogen-bond donors (Lipinski definition) is 0. The molecule has 0 radical (unpaired) electrons. The monoisotopic (exact) mass is 322 g/mol. The van der Waals surface area contributed by atoms with Crippen molar-refractivity contribution < 1.29 is 18.3 Å². The van der Waals surface area contributed by atoms with Crippen LogP contribution in [0.25, 0.3) is 0 Å². The van der Waals surface area contributed by atoms with Gasteiger partial charge in [0.05, 0.1) is 12.5 Å². The first-order valence-corrected chi connectivity index (χ1v) is 7.42. The zero-order valence-electron chi connectivity index (χ0n) is 12.6. The highest BCUT2D eigenvalue weighted by molar-refractivity contribution is 5.78. The minimum Gasteiger partial charge on any atom is -0.469 e. The zero-order valence-corrected chi connectivity index (χ0v) is 12.6. The number of esters is 1. The largest absolute Gasteiger partial charge is 0.469 e. The third-order valence-electron chi connectivity index (χ3n) is 4.60. The molecule has 0 aliphatic heterocycles. The summed E-state index contributed by atoms with van der Waals surface area (Å²) in [6.07, 6.45) is 0.541. The lowest BCUT2D eigenvalue weighted by Gasteiger charge is -2.45. The van der Waals surface area contributed by atoms with Gasteiger partial charge in [0.25, 0.3) is 11.5 Å². The van der Waals surface area contributed by atoms with Crippen LogP contribution in [-0.2, 0) is 16.1 Å². The Balaban J connectivity index is 2.02. The van der Waals surface area contributed by atoms with Crippen LogP contribution in [0.3, 0.4) is 0 Å². The van der Waals surface area contributed by atoms with E-state index in [1.165, 1.54) is 10.6 Å². The predicted molar refractivity (Wildman–Crippen MR) is 76.0 cm³/mol. The summed E-state index contributed by atoms with van der Waals surface area (Å²) in [6, 6.07) is 4.94. The number of nitrogens with zero attached hydrogens (tertiary/aromatic N) is 2. The normalized spacial score (nSPS) is 21.1. The average Bonchev–Trinajstić information content (AvgIpc) is 3.30. The number of ether oxygens (including phenoxy) is 1. The van der Waals surface area contributed by atoms with E-state index in [1.54, 1.807) is 12.1 Å². The van der Waals surface area contributed by atoms with Crippen LogP contribution >= 0.6 is 0 Å². The second-order valence-corrected chi connectivity index (χ2v) is 6.43. The number of carbonyl (C=O) groups is 1. The molecule has 7 heteroatoms. The summed E-state index contributed by atoms with van der Waals surface area (Å²) in [7, 11) is 1.15. The lowest BCUT2D eigenvalue weighted by atomic mass is 9.65. The highest BCUT2D eigenvalue weighted by Gasteiger charge is 2.62. The number of alkyl halides is 2. The maximum absolute atomic E-state index is 13.4. The maximum Gasteiger partial charge on any atom is 0.314 e. The van der Waals surface area contributed by atoms with Gasteiger partial charge in [0.2, 0.25) is 0 Å². The number of hydrogen-bond acceptors (Lipinski definition) is 4. The number of pyridine rings is 1. The molecule has 23 heavy (non-hydrogen) atoms. The number of carbonyl (C=O) groups excluding carboxylic acids is 1. The Kier molecular flexibility index (Phi) is 3.51. The van der Waals surface area contributed by atoms with Crippen LogP contribution < -0.4 is 5.56 Å². The van der Waals surface area contributed by atoms with Crippen LogP contribution in [0.4, 0.5) is 8.78 Å². The van der Waals surface area contributed by atoms with Crippen LogP contribution in [0.15, 0.2) is 16.9 Å². The van der Waals surface area contributed by atoms with E-state index in [2.05, 4.69) is 4.74 Å². The van der Waals surface area contributed by atoms with Crippen molar-refractivity contribution in [2.75, 3.05) is 7.11 Å². The highest BCUT2D eigenvalue weighted by atomic mass is 19.3. The molecule has 0 spiro atoms. The minimum absolute atomic E-state index is 0.0551. The van der Waals surface area contributed by atoms with E-state index in [0.29, 0.717) is 5.69 Å². The topological polar surface area (TPSA) is 72.1 Å². The van der Waals surface area contributed by atoms with Crippen molar-refractivity contribution in [2.24, 2.45) is 5.41 Å². The van der Waals surface area contributed by atoms with Crippen molar-refractivity contribution in [3.63, 3.8) is 0 Å². The zero-order chi connectivity index (χ0) is 16.8. The van der Waals surface area contributed by atoms with E-state index in [9.17, 15) is 18.4 Å². The fraction of sp³-hybridized carbons (Fsp3) is 0.562. The van der Waals surface area contributed by atoms with Crippen LogP contribution in [0, 0.1) is 16.7 Å². The molecule has 0 saturated heterocycles. The van der Waals surface area contributed by atoms with E-state index >= 15 is 0 Å². The summed E-state index contributed by atoms with van der Waals surface area (Å²) in [4.78, 5) is 24.5. The van der Waals surface area contributed by atoms with Crippen LogP contribution in [-0.4, -0.2) is 23.6 Å². The molecular weight excluding hydrogens is 306 g/mol. The molecule has 0 N–H and O–H groups in total. The Morgan fingerprint density at radius 1 is 1.43 bits per heavy atom. The quantitative estimate of drug-likeness (QED) is 0.797. The Morgan fingerprint density at radius 2 is 2.09 bits per heavy atom. The fourth-order valence-electron chi connectivity index (χ4n) is 3.35. The first-order valence-electron chi connectivity index (χ1n) is 7.42. The van der Waals surface area contributed by atoms with Crippen molar-refractivity contribution in [1.29, 1.82) is 5.26 Å². The minimum atomic E-state index is -2.93. The molecule has 3 rings (SSSR count). The predicted octanol–water partition coefficient (Wildman–Crippen LogP) is 2.19. The van der Waals surface area contributed by atoms with Crippen molar-refractivity contribution in [3.8, 4) is 6.07 Å². The summed E-state index contributed by atoms with van der Waals surface area (Å²) in [6.45, 7) is -0.171. The Hall–Kier alpha value is -2.23. The van der Waals surface area contributed by atoms with E-state index in [-0.39, 0.29) is 18.0 Å². The molecule has 1 aromatic heterocycles. The Labute approximate surface area is 131 Å². The van der Waals surface area contributed by atoms with Crippen molar-refractivity contribution in [2.45, 2.75) is 44.1 Å². The molecule has 2 fully saturated rings. The number of nitriles is 1. The van der Waals surface area contributed by atoms with Gasteiger partial charge in [-0.1, -0.05) is 0 Å². The molecule has 0 aromatic carbocycles. The van der Waals surface area contributed by atoms with Gasteiger partial charge in [-0.2, -0.15) is 5.26 Å². The van der Waals surface area contributed by atoms with Crippen LogP contribution in [0.1, 0.15) is 42.9 Å². The molecule has 2 saturated carbocycles. The molecule has 0 atom stereocenters. The third-order valence-corrected chi connectivity index (χ3v) is 4.60. The van der Waals surface area contributed by atoms with Crippen LogP contribution in [0.2, 0.25) is 0 Å². The molecule has 1 heterocycles. The van der Waals surface area contributed by atoms with Gasteiger partial charge in [0, 0.05) is 25.1 Å². The summed E-state index contributed by atoms with van der Waals surface area (Å²) in [5, 5.41) is 9.02. The molecule has 5 nitrogen and oxygen atoms in total. The number of aromatic nitrogens is 1. The van der Waals surface area contributed by atoms with Crippen molar-refractivity contribution in [1.82, 2.24) is 4.57 Å². The Bertz CT molecular complexity index is 752. The van der Waals surface area contributed by atoms with Gasteiger partial charge in [0.15, 0.2) is 0 Å². The molecule has 0 bridgehead atoms. The number of halogens is 2. The summed E-state index contributed by atoms with van der Waals surface area (Å²) in [5.41, 5.74) is -1.29. The van der Waals surface area contributed by atoms with Crippen molar-refractivity contribution >= 4 is 5.97 Å². The maximum atomic E-state index is 13.4. The second kappa shape index (κ2) is 5.15. The number of methoxy groups -OCH3 is 1. The molecule has 0 unspecified atom stereocenters. The molecule has 0 amide bonds. The molecular formula is C16H16F2N2O3. The van der Waals surface area contributed by atoms with Crippen molar-refractivity contribution in [3.05, 3.63) is 33.7 Å². The lowest BCUT2D eigenvalue weighted by molar-refractivity contribution is -0.199. The number of rotatable bonds is 4. The van der Waals surface area contributed by atoms with E-state index in [0.717, 1.165) is 20.0 Å².